The summed E-state index contributed by atoms with van der Waals surface area (Å²) < 4.78 is 0. The van der Waals surface area contributed by atoms with E-state index in [1.807, 2.05) is 24.3 Å². The number of hydrogen-bond donors (Lipinski definition) is 4. The number of nitrogens with zero attached hydrogens (tertiary/aromatic N) is 4. The van der Waals surface area contributed by atoms with Gasteiger partial charge in [-0.3, -0.25) is 4.79 Å². The van der Waals surface area contributed by atoms with Gasteiger partial charge in [-0.25, -0.2) is 9.97 Å². The van der Waals surface area contributed by atoms with Gasteiger partial charge in [-0.15, -0.1) is 0 Å². The minimum absolute atomic E-state index is 0.0678. The Balaban J connectivity index is 2.59. The maximum absolute atomic E-state index is 12.2. The Morgan fingerprint density at radius 1 is 1.22 bits per heavy atom. The number of carbonyl (C=O) groups excluding carboxylic acids is 1. The highest BCUT2D eigenvalue weighted by atomic mass is 16.3. The number of nitrogens with two attached hydrogens (primary N) is 3. The fourth-order valence-corrected chi connectivity index (χ4v) is 2.60. The molecule has 1 aromatic carbocycles. The van der Waals surface area contributed by atoms with Crippen LogP contribution in [0.3, 0.4) is 0 Å². The maximum Gasteiger partial charge on any atom is 0.302 e. The van der Waals surface area contributed by atoms with Gasteiger partial charge in [0.2, 0.25) is 0 Å². The quantitative estimate of drug-likeness (QED) is 0.405. The Bertz CT molecular complexity index is 830. The summed E-state index contributed by atoms with van der Waals surface area (Å²) in [5.41, 5.74) is 18.8. The molecule has 0 aliphatic rings. The van der Waals surface area contributed by atoms with Crippen LogP contribution in [0.1, 0.15) is 29.4 Å². The highest BCUT2D eigenvalue weighted by Crippen LogP contribution is 2.29. The number of benzene rings is 1. The first-order chi connectivity index (χ1) is 12.9. The van der Waals surface area contributed by atoms with Gasteiger partial charge < -0.3 is 27.2 Å². The van der Waals surface area contributed by atoms with Gasteiger partial charge in [-0.05, 0) is 12.0 Å². The van der Waals surface area contributed by atoms with Crippen molar-refractivity contribution in [1.82, 2.24) is 9.97 Å². The molecule has 0 aliphatic heterocycles. The number of nitrogen functional groups attached to an aromatic ring is 1. The first-order valence-electron chi connectivity index (χ1n) is 8.60. The van der Waals surface area contributed by atoms with Gasteiger partial charge in [0, 0.05) is 19.2 Å². The Kier molecular flexibility index (Phi) is 6.67. The number of rotatable bonds is 7. The lowest BCUT2D eigenvalue weighted by molar-refractivity contribution is 0.0998. The molecule has 0 radical (unpaired) electrons. The van der Waals surface area contributed by atoms with Crippen molar-refractivity contribution in [1.29, 1.82) is 0 Å². The molecule has 0 saturated carbocycles. The molecule has 1 amide bonds. The first-order valence-corrected chi connectivity index (χ1v) is 8.60. The van der Waals surface area contributed by atoms with Crippen LogP contribution in [0.5, 0.6) is 0 Å². The standard InChI is InChI=1S/C18H25N7O2/c1-3-4-11-5-7-12(8-6-11)13-16(25(2)9-10-26)23-15(19)14(22-13)17(27)24-18(20)21/h5-8,26H,3-4,9-10H2,1-2H3,(H2,19,23)(H4,20,21,24,27). The lowest BCUT2D eigenvalue weighted by Crippen LogP contribution is -2.26. The van der Waals surface area contributed by atoms with Crippen LogP contribution in [0, 0.1) is 0 Å². The second-order valence-electron chi connectivity index (χ2n) is 6.06. The van der Waals surface area contributed by atoms with Crippen molar-refractivity contribution < 1.29 is 9.90 Å². The number of aryl methyl sites for hydroxylation is 1. The van der Waals surface area contributed by atoms with Gasteiger partial charge in [0.1, 0.15) is 5.69 Å². The molecule has 0 fully saturated rings. The molecular weight excluding hydrogens is 346 g/mol. The van der Waals surface area contributed by atoms with Crippen LogP contribution in [0.15, 0.2) is 29.3 Å². The number of aliphatic hydroxyl groups is 1. The van der Waals surface area contributed by atoms with E-state index in [-0.39, 0.29) is 24.1 Å². The van der Waals surface area contributed by atoms with Crippen LogP contribution in [0.4, 0.5) is 11.6 Å². The van der Waals surface area contributed by atoms with Crippen LogP contribution in [-0.2, 0) is 6.42 Å². The van der Waals surface area contributed by atoms with Crippen molar-refractivity contribution in [2.45, 2.75) is 19.8 Å². The van der Waals surface area contributed by atoms with Crippen LogP contribution in [-0.4, -0.2) is 47.1 Å². The van der Waals surface area contributed by atoms with Crippen molar-refractivity contribution in [3.8, 4) is 11.3 Å². The zero-order chi connectivity index (χ0) is 20.0. The number of aromatic nitrogens is 2. The fraction of sp³-hybridized carbons (Fsp3) is 0.333. The topological polar surface area (TPSA) is 157 Å². The van der Waals surface area contributed by atoms with E-state index in [0.717, 1.165) is 18.4 Å². The molecule has 0 bridgehead atoms. The van der Waals surface area contributed by atoms with Crippen molar-refractivity contribution in [3.63, 3.8) is 0 Å². The molecule has 7 N–H and O–H groups in total. The Hall–Kier alpha value is -3.20. The fourth-order valence-electron chi connectivity index (χ4n) is 2.60. The summed E-state index contributed by atoms with van der Waals surface area (Å²) in [4.78, 5) is 26.1. The van der Waals surface area contributed by atoms with Gasteiger partial charge in [0.05, 0.1) is 6.61 Å². The monoisotopic (exact) mass is 371 g/mol. The van der Waals surface area contributed by atoms with Gasteiger partial charge in [-0.2, -0.15) is 4.99 Å². The van der Waals surface area contributed by atoms with E-state index < -0.39 is 5.91 Å². The molecule has 9 nitrogen and oxygen atoms in total. The van der Waals surface area contributed by atoms with E-state index in [1.54, 1.807) is 11.9 Å². The second-order valence-corrected chi connectivity index (χ2v) is 6.06. The molecule has 0 saturated heterocycles. The summed E-state index contributed by atoms with van der Waals surface area (Å²) in [6.45, 7) is 2.38. The molecule has 2 rings (SSSR count). The summed E-state index contributed by atoms with van der Waals surface area (Å²) >= 11 is 0. The minimum atomic E-state index is -0.764. The molecule has 144 valence electrons. The lowest BCUT2D eigenvalue weighted by atomic mass is 10.1. The minimum Gasteiger partial charge on any atom is -0.395 e. The summed E-state index contributed by atoms with van der Waals surface area (Å²) in [5, 5.41) is 9.25. The number of amides is 1. The number of aliphatic hydroxyl groups excluding tert-OH is 1. The Labute approximate surface area is 157 Å². The first kappa shape index (κ1) is 20.1. The second kappa shape index (κ2) is 8.95. The van der Waals surface area contributed by atoms with E-state index in [0.29, 0.717) is 18.1 Å². The third-order valence-electron chi connectivity index (χ3n) is 3.90. The van der Waals surface area contributed by atoms with Crippen LogP contribution in [0.25, 0.3) is 11.3 Å². The van der Waals surface area contributed by atoms with Crippen molar-refractivity contribution in [3.05, 3.63) is 35.5 Å². The molecule has 27 heavy (non-hydrogen) atoms. The molecular formula is C18H25N7O2. The Morgan fingerprint density at radius 3 is 2.44 bits per heavy atom. The van der Waals surface area contributed by atoms with E-state index >= 15 is 0 Å². The maximum atomic E-state index is 12.2. The zero-order valence-electron chi connectivity index (χ0n) is 15.5. The van der Waals surface area contributed by atoms with E-state index in [4.69, 9.17) is 17.2 Å². The summed E-state index contributed by atoms with van der Waals surface area (Å²) in [6.07, 6.45) is 2.02. The van der Waals surface area contributed by atoms with E-state index in [2.05, 4.69) is 21.9 Å². The molecule has 9 heteroatoms. The largest absolute Gasteiger partial charge is 0.395 e. The van der Waals surface area contributed by atoms with E-state index in [9.17, 15) is 9.90 Å². The lowest BCUT2D eigenvalue weighted by Gasteiger charge is -2.21. The average Bonchev–Trinajstić information content (AvgIpc) is 2.62. The summed E-state index contributed by atoms with van der Waals surface area (Å²) in [7, 11) is 1.76. The third-order valence-corrected chi connectivity index (χ3v) is 3.90. The predicted octanol–water partition coefficient (Wildman–Crippen LogP) is 0.520. The van der Waals surface area contributed by atoms with Gasteiger partial charge in [-0.1, -0.05) is 37.6 Å². The van der Waals surface area contributed by atoms with Crippen LogP contribution < -0.4 is 22.1 Å². The van der Waals surface area contributed by atoms with Gasteiger partial charge in [0.15, 0.2) is 23.3 Å². The van der Waals surface area contributed by atoms with Crippen molar-refractivity contribution in [2.75, 3.05) is 30.8 Å². The van der Waals surface area contributed by atoms with Crippen LogP contribution in [0.2, 0.25) is 0 Å². The normalized spacial score (nSPS) is 10.5. The van der Waals surface area contributed by atoms with Crippen molar-refractivity contribution >= 4 is 23.5 Å². The number of aliphatic imine (C=N–C) groups is 1. The molecule has 0 atom stereocenters. The average molecular weight is 371 g/mol. The smallest absolute Gasteiger partial charge is 0.302 e. The molecule has 1 heterocycles. The highest BCUT2D eigenvalue weighted by Gasteiger charge is 2.20. The number of guanidine groups is 1. The molecule has 0 unspecified atom stereocenters. The van der Waals surface area contributed by atoms with Gasteiger partial charge in [0.25, 0.3) is 0 Å². The molecule has 0 spiro atoms. The van der Waals surface area contributed by atoms with Gasteiger partial charge >= 0.3 is 5.91 Å². The number of hydrogen-bond acceptors (Lipinski definition) is 6. The van der Waals surface area contributed by atoms with Crippen LogP contribution >= 0.6 is 0 Å². The number of anilines is 2. The summed E-state index contributed by atoms with van der Waals surface area (Å²) in [6, 6.07) is 7.83. The Morgan fingerprint density at radius 2 is 1.89 bits per heavy atom. The molecule has 2 aromatic rings. The third kappa shape index (κ3) is 4.91. The zero-order valence-corrected chi connectivity index (χ0v) is 15.5. The number of likely N-dealkylation sites (N-methyl/N-ethyl adjacent to an activating group) is 1. The predicted molar refractivity (Wildman–Crippen MR) is 106 cm³/mol. The van der Waals surface area contributed by atoms with E-state index in [1.165, 1.54) is 5.56 Å². The summed E-state index contributed by atoms with van der Waals surface area (Å²) in [5.74, 6) is -0.782. The molecule has 0 aliphatic carbocycles. The number of carbonyl (C=O) groups is 1. The van der Waals surface area contributed by atoms with Crippen molar-refractivity contribution in [2.24, 2.45) is 16.5 Å². The SMILES string of the molecule is CCCc1ccc(-c2nc(C(=O)N=C(N)N)c(N)nc2N(C)CCO)cc1. The molecule has 1 aromatic heterocycles. The highest BCUT2D eigenvalue weighted by molar-refractivity contribution is 6.03.